The van der Waals surface area contributed by atoms with E-state index in [1.807, 2.05) is 41.4 Å². The van der Waals surface area contributed by atoms with E-state index in [1.54, 1.807) is 4.90 Å². The molecule has 0 atom stereocenters. The molecule has 0 saturated heterocycles. The van der Waals surface area contributed by atoms with E-state index in [9.17, 15) is 14.0 Å². The molecule has 0 bridgehead atoms. The summed E-state index contributed by atoms with van der Waals surface area (Å²) in [5, 5.41) is 0.721. The summed E-state index contributed by atoms with van der Waals surface area (Å²) in [7, 11) is 0. The highest BCUT2D eigenvalue weighted by atomic mass is 35.5. The van der Waals surface area contributed by atoms with Gasteiger partial charge in [0.15, 0.2) is 0 Å². The number of benzene rings is 2. The predicted molar refractivity (Wildman–Crippen MR) is 150 cm³/mol. The largest absolute Gasteiger partial charge is 0.345 e. The summed E-state index contributed by atoms with van der Waals surface area (Å²) in [6, 6.07) is 17.6. The molecule has 1 heterocycles. The lowest BCUT2D eigenvalue weighted by Gasteiger charge is -2.36. The van der Waals surface area contributed by atoms with E-state index in [4.69, 9.17) is 11.6 Å². The van der Waals surface area contributed by atoms with Gasteiger partial charge >= 0.3 is 0 Å². The number of hydrogen-bond acceptors (Lipinski definition) is 2. The van der Waals surface area contributed by atoms with Gasteiger partial charge in [-0.25, -0.2) is 4.39 Å². The molecule has 1 aliphatic rings. The number of carbonyl (C=O) groups is 2. The second-order valence-corrected chi connectivity index (χ2v) is 10.5. The molecule has 38 heavy (non-hydrogen) atoms. The van der Waals surface area contributed by atoms with Crippen molar-refractivity contribution < 1.29 is 14.0 Å². The molecule has 1 aliphatic carbocycles. The second kappa shape index (κ2) is 13.6. The average Bonchev–Trinajstić information content (AvgIpc) is 3.37. The number of carbonyl (C=O) groups excluding carboxylic acids is 2. The molecule has 2 aromatic carbocycles. The van der Waals surface area contributed by atoms with E-state index in [0.717, 1.165) is 54.8 Å². The number of rotatable bonds is 11. The minimum atomic E-state index is -0.388. The van der Waals surface area contributed by atoms with Crippen LogP contribution in [0, 0.1) is 5.82 Å². The Labute approximate surface area is 230 Å². The molecule has 7 heteroatoms. The fourth-order valence-electron chi connectivity index (χ4n) is 5.18. The first-order valence-corrected chi connectivity index (χ1v) is 14.1. The number of hydrogen-bond donors (Lipinski definition) is 0. The molecule has 4 rings (SSSR count). The molecule has 1 fully saturated rings. The normalized spacial score (nSPS) is 13.9. The lowest BCUT2D eigenvalue weighted by Crippen LogP contribution is -2.47. The smallest absolute Gasteiger partial charge is 0.254 e. The van der Waals surface area contributed by atoms with Crippen LogP contribution in [-0.2, 0) is 17.9 Å². The first-order valence-electron chi connectivity index (χ1n) is 13.7. The first-order chi connectivity index (χ1) is 18.5. The van der Waals surface area contributed by atoms with Crippen LogP contribution in [0.2, 0.25) is 5.02 Å². The van der Waals surface area contributed by atoms with Gasteiger partial charge in [0, 0.05) is 41.6 Å². The summed E-state index contributed by atoms with van der Waals surface area (Å²) >= 11 is 6.42. The fourth-order valence-corrected chi connectivity index (χ4v) is 5.37. The second-order valence-electron chi connectivity index (χ2n) is 10.1. The Morgan fingerprint density at radius 1 is 1.00 bits per heavy atom. The molecule has 1 aromatic heterocycles. The highest BCUT2D eigenvalue weighted by Crippen LogP contribution is 2.26. The van der Waals surface area contributed by atoms with Crippen LogP contribution >= 0.6 is 11.6 Å². The standard InChI is InChI=1S/C31H37ClFN3O2/c1-2-3-19-35(31(38)24-15-17-26(33)18-16-24)23-30(37)36(27-11-5-4-6-12-27)22-28-13-9-20-34(28)21-25-10-7-8-14-29(25)32/h7-10,13-18,20,27H,2-6,11-12,19,21-23H2,1H3. The van der Waals surface area contributed by atoms with Crippen LogP contribution in [0.5, 0.6) is 0 Å². The molecule has 0 N–H and O–H groups in total. The molecule has 0 aliphatic heterocycles. The molecule has 202 valence electrons. The average molecular weight is 538 g/mol. The van der Waals surface area contributed by atoms with Gasteiger partial charge < -0.3 is 14.4 Å². The van der Waals surface area contributed by atoms with Gasteiger partial charge in [0.1, 0.15) is 12.4 Å². The predicted octanol–water partition coefficient (Wildman–Crippen LogP) is 6.93. The van der Waals surface area contributed by atoms with Crippen LogP contribution in [0.1, 0.15) is 73.5 Å². The molecular weight excluding hydrogens is 501 g/mol. The zero-order valence-corrected chi connectivity index (χ0v) is 22.9. The molecule has 5 nitrogen and oxygen atoms in total. The minimum Gasteiger partial charge on any atom is -0.345 e. The monoisotopic (exact) mass is 537 g/mol. The van der Waals surface area contributed by atoms with E-state index in [1.165, 1.54) is 30.7 Å². The third kappa shape index (κ3) is 7.25. The van der Waals surface area contributed by atoms with Crippen molar-refractivity contribution >= 4 is 23.4 Å². The van der Waals surface area contributed by atoms with Crippen LogP contribution < -0.4 is 0 Å². The van der Waals surface area contributed by atoms with Crippen LogP contribution in [0.3, 0.4) is 0 Å². The van der Waals surface area contributed by atoms with E-state index >= 15 is 0 Å². The highest BCUT2D eigenvalue weighted by Gasteiger charge is 2.29. The van der Waals surface area contributed by atoms with Crippen molar-refractivity contribution in [3.63, 3.8) is 0 Å². The Kier molecular flexibility index (Phi) is 9.99. The minimum absolute atomic E-state index is 0.0118. The van der Waals surface area contributed by atoms with Gasteiger partial charge in [0.2, 0.25) is 5.91 Å². The summed E-state index contributed by atoms with van der Waals surface area (Å²) in [6.07, 6.45) is 9.05. The van der Waals surface area contributed by atoms with E-state index in [2.05, 4.69) is 17.6 Å². The van der Waals surface area contributed by atoms with Gasteiger partial charge in [-0.15, -0.1) is 0 Å². The van der Waals surface area contributed by atoms with Crippen molar-refractivity contribution in [2.75, 3.05) is 13.1 Å². The Balaban J connectivity index is 1.55. The SMILES string of the molecule is CCCCN(CC(=O)N(Cc1cccn1Cc1ccccc1Cl)C1CCCCC1)C(=O)c1ccc(F)cc1. The lowest BCUT2D eigenvalue weighted by molar-refractivity contribution is -0.135. The first kappa shape index (κ1) is 27.9. The zero-order chi connectivity index (χ0) is 26.9. The third-order valence-electron chi connectivity index (χ3n) is 7.38. The van der Waals surface area contributed by atoms with Crippen LogP contribution in [0.4, 0.5) is 4.39 Å². The summed E-state index contributed by atoms with van der Waals surface area (Å²) in [5.74, 6) is -0.674. The third-order valence-corrected chi connectivity index (χ3v) is 7.75. The number of aromatic nitrogens is 1. The number of unbranched alkanes of at least 4 members (excludes halogenated alkanes) is 1. The molecule has 2 amide bonds. The van der Waals surface area contributed by atoms with E-state index < -0.39 is 0 Å². The van der Waals surface area contributed by atoms with Gasteiger partial charge in [-0.3, -0.25) is 9.59 Å². The summed E-state index contributed by atoms with van der Waals surface area (Å²) in [5.41, 5.74) is 2.46. The van der Waals surface area contributed by atoms with Gasteiger partial charge in [0.05, 0.1) is 6.54 Å². The Bertz CT molecular complexity index is 1200. The lowest BCUT2D eigenvalue weighted by atomic mass is 9.94. The quantitative estimate of drug-likeness (QED) is 0.266. The maximum absolute atomic E-state index is 13.9. The van der Waals surface area contributed by atoms with Crippen molar-refractivity contribution in [3.8, 4) is 0 Å². The van der Waals surface area contributed by atoms with Gasteiger partial charge in [0.25, 0.3) is 5.91 Å². The van der Waals surface area contributed by atoms with Gasteiger partial charge in [-0.1, -0.05) is 62.4 Å². The van der Waals surface area contributed by atoms with Crippen LogP contribution in [0.25, 0.3) is 0 Å². The van der Waals surface area contributed by atoms with Crippen molar-refractivity contribution in [1.82, 2.24) is 14.4 Å². The van der Waals surface area contributed by atoms with Crippen molar-refractivity contribution in [3.05, 3.63) is 94.5 Å². The topological polar surface area (TPSA) is 45.6 Å². The Hall–Kier alpha value is -3.12. The summed E-state index contributed by atoms with van der Waals surface area (Å²) in [6.45, 7) is 3.66. The van der Waals surface area contributed by atoms with Crippen LogP contribution in [0.15, 0.2) is 66.9 Å². The van der Waals surface area contributed by atoms with Crippen molar-refractivity contribution in [1.29, 1.82) is 0 Å². The molecule has 1 saturated carbocycles. The zero-order valence-electron chi connectivity index (χ0n) is 22.1. The summed E-state index contributed by atoms with van der Waals surface area (Å²) < 4.78 is 15.6. The van der Waals surface area contributed by atoms with Crippen LogP contribution in [-0.4, -0.2) is 45.3 Å². The fraction of sp³-hybridized carbons (Fsp3) is 0.419. The summed E-state index contributed by atoms with van der Waals surface area (Å²) in [4.78, 5) is 30.8. The Morgan fingerprint density at radius 3 is 2.45 bits per heavy atom. The van der Waals surface area contributed by atoms with Crippen molar-refractivity contribution in [2.24, 2.45) is 0 Å². The van der Waals surface area contributed by atoms with E-state index in [-0.39, 0.29) is 30.2 Å². The number of nitrogens with zero attached hydrogens (tertiary/aromatic N) is 3. The molecule has 3 aromatic rings. The highest BCUT2D eigenvalue weighted by molar-refractivity contribution is 6.31. The molecular formula is C31H37ClFN3O2. The van der Waals surface area contributed by atoms with Gasteiger partial charge in [-0.2, -0.15) is 0 Å². The number of amides is 2. The molecule has 0 spiro atoms. The van der Waals surface area contributed by atoms with E-state index in [0.29, 0.717) is 25.2 Å². The number of halogens is 2. The van der Waals surface area contributed by atoms with Crippen molar-refractivity contribution in [2.45, 2.75) is 71.0 Å². The molecule has 0 radical (unpaired) electrons. The van der Waals surface area contributed by atoms with Gasteiger partial charge in [-0.05, 0) is 67.3 Å². The Morgan fingerprint density at radius 2 is 1.74 bits per heavy atom. The maximum Gasteiger partial charge on any atom is 0.254 e. The molecule has 0 unspecified atom stereocenters. The maximum atomic E-state index is 13.9.